The molecule has 34 heavy (non-hydrogen) atoms. The highest BCUT2D eigenvalue weighted by Crippen LogP contribution is 2.34. The Balaban J connectivity index is 2.21. The van der Waals surface area contributed by atoms with E-state index in [1.807, 2.05) is 0 Å². The molecule has 4 amide bonds. The summed E-state index contributed by atoms with van der Waals surface area (Å²) >= 11 is 0. The lowest BCUT2D eigenvalue weighted by Gasteiger charge is -2.33. The SMILES string of the molecule is C#C[C@H]1CCN(C(=O)[C@@H](NC(=O)OC(C)(C)C)C(C)C)[C@@H]1C(=O)NC(CC1CC1)C(O)C(N)=O. The molecule has 1 aliphatic heterocycles. The van der Waals surface area contributed by atoms with Crippen molar-refractivity contribution in [2.24, 2.45) is 23.5 Å². The van der Waals surface area contributed by atoms with Crippen molar-refractivity contribution in [1.82, 2.24) is 15.5 Å². The number of terminal acetylenes is 1. The van der Waals surface area contributed by atoms with Crippen molar-refractivity contribution < 1.29 is 29.0 Å². The molecule has 2 rings (SSSR count). The lowest BCUT2D eigenvalue weighted by Crippen LogP contribution is -2.59. The van der Waals surface area contributed by atoms with Crippen molar-refractivity contribution >= 4 is 23.8 Å². The van der Waals surface area contributed by atoms with Gasteiger partial charge in [0, 0.05) is 6.54 Å². The Morgan fingerprint density at radius 1 is 1.18 bits per heavy atom. The van der Waals surface area contributed by atoms with Crippen molar-refractivity contribution in [2.45, 2.75) is 90.1 Å². The van der Waals surface area contributed by atoms with E-state index in [9.17, 15) is 24.3 Å². The van der Waals surface area contributed by atoms with E-state index in [-0.39, 0.29) is 12.5 Å². The van der Waals surface area contributed by atoms with Gasteiger partial charge in [-0.3, -0.25) is 14.4 Å². The Hall–Kier alpha value is -2.80. The molecule has 10 heteroatoms. The van der Waals surface area contributed by atoms with Crippen LogP contribution < -0.4 is 16.4 Å². The molecule has 10 nitrogen and oxygen atoms in total. The summed E-state index contributed by atoms with van der Waals surface area (Å²) in [5, 5.41) is 15.6. The molecule has 2 fully saturated rings. The van der Waals surface area contributed by atoms with Crippen LogP contribution in [0, 0.1) is 30.1 Å². The minimum Gasteiger partial charge on any atom is -0.444 e. The molecule has 0 radical (unpaired) electrons. The maximum atomic E-state index is 13.5. The normalized spacial score (nSPS) is 22.9. The van der Waals surface area contributed by atoms with Gasteiger partial charge in [0.2, 0.25) is 17.7 Å². The number of amides is 4. The van der Waals surface area contributed by atoms with Crippen LogP contribution in [0.1, 0.15) is 60.3 Å². The number of ether oxygens (including phenoxy) is 1. The number of primary amides is 1. The van der Waals surface area contributed by atoms with Gasteiger partial charge in [0.05, 0.1) is 12.0 Å². The van der Waals surface area contributed by atoms with Gasteiger partial charge in [-0.05, 0) is 45.4 Å². The first-order valence-electron chi connectivity index (χ1n) is 11.8. The van der Waals surface area contributed by atoms with Gasteiger partial charge in [-0.1, -0.05) is 26.7 Å². The number of likely N-dealkylation sites (tertiary alicyclic amines) is 1. The third kappa shape index (κ3) is 7.35. The van der Waals surface area contributed by atoms with E-state index in [2.05, 4.69) is 16.6 Å². The molecular formula is C24H38N4O6. The fraction of sp³-hybridized carbons (Fsp3) is 0.750. The number of carbonyl (C=O) groups is 4. The molecule has 1 aliphatic carbocycles. The maximum Gasteiger partial charge on any atom is 0.408 e. The zero-order valence-electron chi connectivity index (χ0n) is 20.7. The second kappa shape index (κ2) is 11.1. The Morgan fingerprint density at radius 3 is 2.26 bits per heavy atom. The lowest BCUT2D eigenvalue weighted by molar-refractivity contribution is -0.142. The Labute approximate surface area is 201 Å². The highest BCUT2D eigenvalue weighted by molar-refractivity contribution is 5.93. The summed E-state index contributed by atoms with van der Waals surface area (Å²) in [6, 6.07) is -2.80. The molecule has 1 saturated heterocycles. The van der Waals surface area contributed by atoms with Crippen LogP contribution in [0.15, 0.2) is 0 Å². The number of hydrogen-bond donors (Lipinski definition) is 4. The Morgan fingerprint density at radius 2 is 1.79 bits per heavy atom. The zero-order chi connectivity index (χ0) is 25.8. The van der Waals surface area contributed by atoms with Gasteiger partial charge in [-0.25, -0.2) is 4.79 Å². The van der Waals surface area contributed by atoms with Crippen LogP contribution in [0.3, 0.4) is 0 Å². The van der Waals surface area contributed by atoms with E-state index in [4.69, 9.17) is 16.9 Å². The van der Waals surface area contributed by atoms with Gasteiger partial charge in [-0.15, -0.1) is 12.3 Å². The number of aliphatic hydroxyl groups excluding tert-OH is 1. The molecule has 0 aromatic heterocycles. The second-order valence-electron chi connectivity index (χ2n) is 10.5. The predicted molar refractivity (Wildman–Crippen MR) is 125 cm³/mol. The first kappa shape index (κ1) is 27.4. The number of hydrogen-bond acceptors (Lipinski definition) is 6. The summed E-state index contributed by atoms with van der Waals surface area (Å²) in [6.45, 7) is 8.94. The van der Waals surface area contributed by atoms with Crippen molar-refractivity contribution in [3.8, 4) is 12.3 Å². The number of alkyl carbamates (subject to hydrolysis) is 1. The van der Waals surface area contributed by atoms with Gasteiger partial charge < -0.3 is 31.1 Å². The average molecular weight is 479 g/mol. The van der Waals surface area contributed by atoms with Gasteiger partial charge in [0.15, 0.2) is 6.10 Å². The summed E-state index contributed by atoms with van der Waals surface area (Å²) in [4.78, 5) is 52.0. The minimum absolute atomic E-state index is 0.233. The quantitative estimate of drug-likeness (QED) is 0.355. The van der Waals surface area contributed by atoms with Crippen molar-refractivity contribution in [1.29, 1.82) is 0 Å². The monoisotopic (exact) mass is 478 g/mol. The first-order chi connectivity index (χ1) is 15.7. The van der Waals surface area contributed by atoms with E-state index < -0.39 is 59.6 Å². The highest BCUT2D eigenvalue weighted by Gasteiger charge is 2.45. The first-order valence-corrected chi connectivity index (χ1v) is 11.8. The second-order valence-corrected chi connectivity index (χ2v) is 10.5. The van der Waals surface area contributed by atoms with E-state index in [1.165, 1.54) is 4.90 Å². The summed E-state index contributed by atoms with van der Waals surface area (Å²) in [5.74, 6) is 0.104. The van der Waals surface area contributed by atoms with Crippen LogP contribution in [0.2, 0.25) is 0 Å². The van der Waals surface area contributed by atoms with Crippen LogP contribution >= 0.6 is 0 Å². The van der Waals surface area contributed by atoms with E-state index in [0.717, 1.165) is 12.8 Å². The molecule has 0 aromatic carbocycles. The van der Waals surface area contributed by atoms with E-state index in [0.29, 0.717) is 18.8 Å². The van der Waals surface area contributed by atoms with Crippen LogP contribution in [0.5, 0.6) is 0 Å². The molecule has 0 aromatic rings. The molecule has 5 N–H and O–H groups in total. The maximum absolute atomic E-state index is 13.5. The summed E-state index contributed by atoms with van der Waals surface area (Å²) in [7, 11) is 0. The number of carbonyl (C=O) groups excluding carboxylic acids is 4. The summed E-state index contributed by atoms with van der Waals surface area (Å²) in [5.41, 5.74) is 4.53. The molecule has 0 spiro atoms. The van der Waals surface area contributed by atoms with Gasteiger partial charge in [-0.2, -0.15) is 0 Å². The molecule has 190 valence electrons. The minimum atomic E-state index is -1.54. The van der Waals surface area contributed by atoms with Crippen LogP contribution in [0.4, 0.5) is 4.79 Å². The van der Waals surface area contributed by atoms with Crippen molar-refractivity contribution in [3.05, 3.63) is 0 Å². The topological polar surface area (TPSA) is 151 Å². The van der Waals surface area contributed by atoms with Gasteiger partial charge >= 0.3 is 6.09 Å². The third-order valence-electron chi connectivity index (χ3n) is 6.05. The Bertz CT molecular complexity index is 826. The van der Waals surface area contributed by atoms with Crippen LogP contribution in [-0.4, -0.2) is 70.2 Å². The molecule has 1 saturated carbocycles. The smallest absolute Gasteiger partial charge is 0.408 e. The molecule has 1 heterocycles. The molecule has 2 unspecified atom stereocenters. The number of nitrogens with one attached hydrogen (secondary N) is 2. The average Bonchev–Trinajstić information content (AvgIpc) is 3.43. The predicted octanol–water partition coefficient (Wildman–Crippen LogP) is 0.517. The highest BCUT2D eigenvalue weighted by atomic mass is 16.6. The largest absolute Gasteiger partial charge is 0.444 e. The molecule has 5 atom stereocenters. The fourth-order valence-corrected chi connectivity index (χ4v) is 4.11. The van der Waals surface area contributed by atoms with Crippen molar-refractivity contribution in [3.63, 3.8) is 0 Å². The van der Waals surface area contributed by atoms with E-state index >= 15 is 0 Å². The van der Waals surface area contributed by atoms with Gasteiger partial charge in [0.25, 0.3) is 0 Å². The van der Waals surface area contributed by atoms with Crippen molar-refractivity contribution in [2.75, 3.05) is 6.54 Å². The molecular weight excluding hydrogens is 440 g/mol. The molecule has 2 aliphatic rings. The zero-order valence-corrected chi connectivity index (χ0v) is 20.7. The van der Waals surface area contributed by atoms with E-state index in [1.54, 1.807) is 34.6 Å². The standard InChI is InChI=1S/C24H38N4O6/c1-7-15-10-11-28(22(32)17(13(2)3)27-23(33)34-24(4,5)6)18(15)21(31)26-16(12-14-8-9-14)19(29)20(25)30/h1,13-19,29H,8-12H2,2-6H3,(H2,25,30)(H,26,31)(H,27,33)/t15-,16?,17-,18-,19?/m0/s1. The Kier molecular flexibility index (Phi) is 8.95. The number of rotatable bonds is 9. The van der Waals surface area contributed by atoms with Crippen LogP contribution in [-0.2, 0) is 19.1 Å². The summed E-state index contributed by atoms with van der Waals surface area (Å²) < 4.78 is 5.29. The fourth-order valence-electron chi connectivity index (χ4n) is 4.11. The molecule has 0 bridgehead atoms. The van der Waals surface area contributed by atoms with Gasteiger partial charge in [0.1, 0.15) is 17.7 Å². The number of aliphatic hydroxyl groups is 1. The lowest BCUT2D eigenvalue weighted by atomic mass is 9.97. The number of nitrogens with two attached hydrogens (primary N) is 1. The summed E-state index contributed by atoms with van der Waals surface area (Å²) in [6.07, 6.45) is 6.09. The third-order valence-corrected chi connectivity index (χ3v) is 6.05. The van der Waals surface area contributed by atoms with Crippen LogP contribution in [0.25, 0.3) is 0 Å². The number of nitrogens with zero attached hydrogens (tertiary/aromatic N) is 1.